The summed E-state index contributed by atoms with van der Waals surface area (Å²) in [5, 5.41) is 7.45. The number of amides is 1. The van der Waals surface area contributed by atoms with Gasteiger partial charge in [0.1, 0.15) is 5.82 Å². The predicted octanol–water partition coefficient (Wildman–Crippen LogP) is 2.97. The van der Waals surface area contributed by atoms with Crippen molar-refractivity contribution in [2.75, 3.05) is 18.0 Å². The molecule has 1 N–H and O–H groups in total. The number of benzene rings is 1. The molecular formula is C21H23N5O. The third-order valence-corrected chi connectivity index (χ3v) is 4.91. The first-order chi connectivity index (χ1) is 13.2. The fourth-order valence-corrected chi connectivity index (χ4v) is 3.38. The van der Waals surface area contributed by atoms with Crippen molar-refractivity contribution < 1.29 is 4.79 Å². The van der Waals surface area contributed by atoms with Crippen LogP contribution in [0.5, 0.6) is 0 Å². The van der Waals surface area contributed by atoms with Gasteiger partial charge in [-0.15, -0.1) is 0 Å². The second-order valence-corrected chi connectivity index (χ2v) is 6.93. The van der Waals surface area contributed by atoms with Gasteiger partial charge in [-0.25, -0.2) is 9.67 Å². The molecule has 0 spiro atoms. The van der Waals surface area contributed by atoms with Crippen LogP contribution in [0.4, 0.5) is 5.82 Å². The molecule has 1 saturated heterocycles. The smallest absolute Gasteiger partial charge is 0.251 e. The van der Waals surface area contributed by atoms with Gasteiger partial charge in [0.25, 0.3) is 5.91 Å². The predicted molar refractivity (Wildman–Crippen MR) is 105 cm³/mol. The van der Waals surface area contributed by atoms with E-state index in [1.54, 1.807) is 0 Å². The Morgan fingerprint density at radius 2 is 1.89 bits per heavy atom. The van der Waals surface area contributed by atoms with Crippen molar-refractivity contribution in [3.8, 4) is 5.69 Å². The second kappa shape index (κ2) is 7.61. The largest absolute Gasteiger partial charge is 0.356 e. The van der Waals surface area contributed by atoms with E-state index in [-0.39, 0.29) is 11.9 Å². The molecule has 6 heteroatoms. The van der Waals surface area contributed by atoms with Crippen LogP contribution in [0.25, 0.3) is 5.69 Å². The van der Waals surface area contributed by atoms with Crippen LogP contribution in [0.1, 0.15) is 28.8 Å². The molecule has 1 aromatic carbocycles. The molecule has 2 aromatic heterocycles. The van der Waals surface area contributed by atoms with Crippen molar-refractivity contribution in [2.45, 2.75) is 25.8 Å². The molecule has 1 aliphatic heterocycles. The molecule has 1 fully saturated rings. The first kappa shape index (κ1) is 17.3. The lowest BCUT2D eigenvalue weighted by atomic mass is 10.0. The fraction of sp³-hybridized carbons (Fsp3) is 0.286. The third-order valence-electron chi connectivity index (χ3n) is 4.91. The van der Waals surface area contributed by atoms with Gasteiger partial charge in [0, 0.05) is 37.1 Å². The Kier molecular flexibility index (Phi) is 4.87. The molecular weight excluding hydrogens is 338 g/mol. The lowest BCUT2D eigenvalue weighted by Gasteiger charge is -2.33. The third kappa shape index (κ3) is 4.00. The molecule has 0 saturated carbocycles. The Labute approximate surface area is 158 Å². The number of carbonyl (C=O) groups is 1. The van der Waals surface area contributed by atoms with Crippen LogP contribution in [0.2, 0.25) is 0 Å². The minimum absolute atomic E-state index is 0.0190. The van der Waals surface area contributed by atoms with Crippen molar-refractivity contribution in [3.05, 3.63) is 72.2 Å². The molecule has 0 bridgehead atoms. The number of hydrogen-bond donors (Lipinski definition) is 1. The van der Waals surface area contributed by atoms with Gasteiger partial charge in [0.05, 0.1) is 11.9 Å². The Bertz CT molecular complexity index is 896. The Hall–Kier alpha value is -3.15. The highest BCUT2D eigenvalue weighted by Crippen LogP contribution is 2.18. The van der Waals surface area contributed by atoms with Crippen molar-refractivity contribution in [3.63, 3.8) is 0 Å². The van der Waals surface area contributed by atoms with Gasteiger partial charge in [-0.3, -0.25) is 4.79 Å². The highest BCUT2D eigenvalue weighted by molar-refractivity contribution is 5.94. The summed E-state index contributed by atoms with van der Waals surface area (Å²) in [6.45, 7) is 3.81. The SMILES string of the molecule is Cc1cnn(-c2ccc(C(=O)NC3CCN(c4ccccn4)CC3)cc2)c1. The average molecular weight is 361 g/mol. The minimum atomic E-state index is -0.0190. The van der Waals surface area contributed by atoms with Crippen molar-refractivity contribution in [1.29, 1.82) is 0 Å². The lowest BCUT2D eigenvalue weighted by Crippen LogP contribution is -2.44. The number of aromatic nitrogens is 3. The molecule has 1 aliphatic rings. The number of carbonyl (C=O) groups excluding carboxylic acids is 1. The van der Waals surface area contributed by atoms with Gasteiger partial charge in [0.2, 0.25) is 0 Å². The number of hydrogen-bond acceptors (Lipinski definition) is 4. The summed E-state index contributed by atoms with van der Waals surface area (Å²) in [4.78, 5) is 19.2. The number of pyridine rings is 1. The molecule has 0 unspecified atom stereocenters. The van der Waals surface area contributed by atoms with E-state index < -0.39 is 0 Å². The van der Waals surface area contributed by atoms with Crippen LogP contribution in [-0.4, -0.2) is 39.8 Å². The summed E-state index contributed by atoms with van der Waals surface area (Å²) in [6.07, 6.45) is 7.44. The summed E-state index contributed by atoms with van der Waals surface area (Å²) in [5.74, 6) is 0.987. The summed E-state index contributed by atoms with van der Waals surface area (Å²) >= 11 is 0. The minimum Gasteiger partial charge on any atom is -0.356 e. The second-order valence-electron chi connectivity index (χ2n) is 6.93. The number of anilines is 1. The Morgan fingerprint density at radius 1 is 1.11 bits per heavy atom. The van der Waals surface area contributed by atoms with Gasteiger partial charge in [0.15, 0.2) is 0 Å². The maximum atomic E-state index is 12.6. The monoisotopic (exact) mass is 361 g/mol. The normalized spacial score (nSPS) is 14.9. The Morgan fingerprint density at radius 3 is 2.52 bits per heavy atom. The topological polar surface area (TPSA) is 63.1 Å². The van der Waals surface area contributed by atoms with E-state index in [1.165, 1.54) is 0 Å². The molecule has 3 heterocycles. The van der Waals surface area contributed by atoms with Crippen LogP contribution < -0.4 is 10.2 Å². The number of rotatable bonds is 4. The van der Waals surface area contributed by atoms with E-state index >= 15 is 0 Å². The maximum absolute atomic E-state index is 12.6. The van der Waals surface area contributed by atoms with Crippen LogP contribution in [0.3, 0.4) is 0 Å². The molecule has 6 nitrogen and oxygen atoms in total. The van der Waals surface area contributed by atoms with E-state index in [9.17, 15) is 4.79 Å². The van der Waals surface area contributed by atoms with E-state index in [1.807, 2.05) is 72.7 Å². The first-order valence-corrected chi connectivity index (χ1v) is 9.27. The van der Waals surface area contributed by atoms with Crippen molar-refractivity contribution in [1.82, 2.24) is 20.1 Å². The molecule has 138 valence electrons. The van der Waals surface area contributed by atoms with Gasteiger partial charge in [-0.1, -0.05) is 6.07 Å². The lowest BCUT2D eigenvalue weighted by molar-refractivity contribution is 0.0931. The van der Waals surface area contributed by atoms with E-state index in [0.717, 1.165) is 43.0 Å². The number of piperidine rings is 1. The van der Waals surface area contributed by atoms with E-state index in [2.05, 4.69) is 20.3 Å². The zero-order valence-corrected chi connectivity index (χ0v) is 15.4. The standard InChI is InChI=1S/C21H23N5O/c1-16-14-23-26(15-16)19-7-5-17(6-8-19)21(27)24-18-9-12-25(13-10-18)20-4-2-3-11-22-20/h2-8,11,14-15,18H,9-10,12-13H2,1H3,(H,24,27). The van der Waals surface area contributed by atoms with Crippen LogP contribution in [0.15, 0.2) is 61.1 Å². The first-order valence-electron chi connectivity index (χ1n) is 9.27. The summed E-state index contributed by atoms with van der Waals surface area (Å²) in [5.41, 5.74) is 2.73. The number of nitrogens with one attached hydrogen (secondary N) is 1. The molecule has 27 heavy (non-hydrogen) atoms. The quantitative estimate of drug-likeness (QED) is 0.776. The van der Waals surface area contributed by atoms with Crippen molar-refractivity contribution >= 4 is 11.7 Å². The average Bonchev–Trinajstić information content (AvgIpc) is 3.16. The molecule has 0 aliphatic carbocycles. The van der Waals surface area contributed by atoms with Crippen LogP contribution in [0, 0.1) is 6.92 Å². The Balaban J connectivity index is 1.33. The highest BCUT2D eigenvalue weighted by atomic mass is 16.1. The zero-order valence-electron chi connectivity index (χ0n) is 15.4. The summed E-state index contributed by atoms with van der Waals surface area (Å²) in [6, 6.07) is 13.7. The van der Waals surface area contributed by atoms with Crippen LogP contribution >= 0.6 is 0 Å². The summed E-state index contributed by atoms with van der Waals surface area (Å²) in [7, 11) is 0. The molecule has 0 radical (unpaired) electrons. The van der Waals surface area contributed by atoms with Gasteiger partial charge in [-0.05, 0) is 61.7 Å². The maximum Gasteiger partial charge on any atom is 0.251 e. The van der Waals surface area contributed by atoms with Crippen LogP contribution in [-0.2, 0) is 0 Å². The molecule has 0 atom stereocenters. The van der Waals surface area contributed by atoms with E-state index in [4.69, 9.17) is 0 Å². The summed E-state index contributed by atoms with van der Waals surface area (Å²) < 4.78 is 1.81. The number of nitrogens with zero attached hydrogens (tertiary/aromatic N) is 4. The highest BCUT2D eigenvalue weighted by Gasteiger charge is 2.21. The molecule has 1 amide bonds. The van der Waals surface area contributed by atoms with Gasteiger partial charge < -0.3 is 10.2 Å². The molecule has 3 aromatic rings. The van der Waals surface area contributed by atoms with Crippen molar-refractivity contribution in [2.24, 2.45) is 0 Å². The van der Waals surface area contributed by atoms with E-state index in [0.29, 0.717) is 5.56 Å². The number of aryl methyl sites for hydroxylation is 1. The van der Waals surface area contributed by atoms with Gasteiger partial charge in [-0.2, -0.15) is 5.10 Å². The fourth-order valence-electron chi connectivity index (χ4n) is 3.38. The zero-order chi connectivity index (χ0) is 18.6. The van der Waals surface area contributed by atoms with Gasteiger partial charge >= 0.3 is 0 Å². The molecule has 4 rings (SSSR count).